The van der Waals surface area contributed by atoms with E-state index in [1.54, 1.807) is 0 Å². The number of hydrogen-bond acceptors (Lipinski definition) is 5. The van der Waals surface area contributed by atoms with Crippen LogP contribution in [0.2, 0.25) is 5.04 Å². The molecule has 0 aliphatic carbocycles. The predicted octanol–water partition coefficient (Wildman–Crippen LogP) is 1.37. The fraction of sp³-hybridized carbons (Fsp3) is 0.333. The summed E-state index contributed by atoms with van der Waals surface area (Å²) < 4.78 is 13.9. The maximum atomic E-state index is 12.3. The average molecular weight is 453 g/mol. The van der Waals surface area contributed by atoms with Crippen molar-refractivity contribution >= 4 is 18.7 Å². The van der Waals surface area contributed by atoms with Crippen LogP contribution in [-0.4, -0.2) is 41.8 Å². The summed E-state index contributed by atoms with van der Waals surface area (Å²) in [4.78, 5) is 25.9. The van der Waals surface area contributed by atoms with Crippen LogP contribution in [0.25, 0.3) is 0 Å². The van der Waals surface area contributed by atoms with Gasteiger partial charge in [-0.1, -0.05) is 81.4 Å². The van der Waals surface area contributed by atoms with E-state index < -0.39 is 38.0 Å². The number of hydrogen-bond donors (Lipinski definition) is 2. The Morgan fingerprint density at radius 1 is 1.00 bits per heavy atom. The van der Waals surface area contributed by atoms with Crippen LogP contribution < -0.4 is 21.6 Å². The average Bonchev–Trinajstić information content (AvgIpc) is 3.12. The number of rotatable bonds is 5. The van der Waals surface area contributed by atoms with Crippen molar-refractivity contribution in [3.63, 3.8) is 0 Å². The molecule has 0 amide bonds. The zero-order valence-electron chi connectivity index (χ0n) is 18.4. The molecule has 168 valence electrons. The number of nitrogens with one attached hydrogen (secondary N) is 1. The molecule has 4 rings (SSSR count). The van der Waals surface area contributed by atoms with Gasteiger partial charge in [0, 0.05) is 12.3 Å². The molecule has 1 saturated heterocycles. The molecule has 32 heavy (non-hydrogen) atoms. The fourth-order valence-corrected chi connectivity index (χ4v) is 9.15. The van der Waals surface area contributed by atoms with Crippen LogP contribution in [0.15, 0.2) is 82.5 Å². The van der Waals surface area contributed by atoms with Gasteiger partial charge in [0.25, 0.3) is 13.9 Å². The maximum absolute atomic E-state index is 12.3. The van der Waals surface area contributed by atoms with Gasteiger partial charge in [-0.25, -0.2) is 4.79 Å². The SMILES string of the molecule is CC(C)(C)[Si](O[C@H]1CO[C@@H](n2ccc(=O)[nH]c2=O)[C@H]1O)(c1ccccc1)c1ccccc1. The fourth-order valence-electron chi connectivity index (χ4n) is 4.47. The Labute approximate surface area is 187 Å². The van der Waals surface area contributed by atoms with Crippen LogP contribution >= 0.6 is 0 Å². The number of benzene rings is 2. The van der Waals surface area contributed by atoms with Gasteiger partial charge < -0.3 is 14.3 Å². The van der Waals surface area contributed by atoms with Gasteiger partial charge in [-0.05, 0) is 15.4 Å². The highest BCUT2D eigenvalue weighted by molar-refractivity contribution is 6.99. The van der Waals surface area contributed by atoms with E-state index in [1.165, 1.54) is 16.8 Å². The first-order valence-electron chi connectivity index (χ1n) is 10.6. The summed E-state index contributed by atoms with van der Waals surface area (Å²) in [6, 6.07) is 21.5. The molecular formula is C24H28N2O5Si. The first kappa shape index (κ1) is 22.4. The number of nitrogens with zero attached hydrogens (tertiary/aromatic N) is 1. The standard InChI is InChI=1S/C24H28N2O5Si/c1-24(2,3)32(17-10-6-4-7-11-17,18-12-8-5-9-13-18)31-19-16-30-22(21(19)28)26-15-14-20(27)25-23(26)29/h4-15,19,21-22,28H,16H2,1-3H3,(H,25,27,29)/t19-,21-,22+/m0/s1. The van der Waals surface area contributed by atoms with Crippen LogP contribution in [0, 0.1) is 0 Å². The Hall–Kier alpha value is -2.78. The molecule has 1 aromatic heterocycles. The van der Waals surface area contributed by atoms with Crippen LogP contribution in [0.4, 0.5) is 0 Å². The lowest BCUT2D eigenvalue weighted by molar-refractivity contribution is -0.0197. The van der Waals surface area contributed by atoms with Crippen molar-refractivity contribution in [1.29, 1.82) is 0 Å². The van der Waals surface area contributed by atoms with Crippen molar-refractivity contribution in [3.8, 4) is 0 Å². The van der Waals surface area contributed by atoms with Gasteiger partial charge in [0.15, 0.2) is 6.23 Å². The van der Waals surface area contributed by atoms with Gasteiger partial charge in [0.2, 0.25) is 0 Å². The lowest BCUT2D eigenvalue weighted by Gasteiger charge is -2.44. The molecule has 3 aromatic rings. The molecule has 0 bridgehead atoms. The van der Waals surface area contributed by atoms with E-state index in [0.717, 1.165) is 10.4 Å². The Balaban J connectivity index is 1.77. The van der Waals surface area contributed by atoms with Crippen molar-refractivity contribution in [2.75, 3.05) is 6.61 Å². The van der Waals surface area contributed by atoms with Crippen molar-refractivity contribution in [3.05, 3.63) is 93.8 Å². The Bertz CT molecular complexity index is 1130. The van der Waals surface area contributed by atoms with E-state index >= 15 is 0 Å². The second kappa shape index (κ2) is 8.63. The number of aromatic nitrogens is 2. The first-order valence-corrected chi connectivity index (χ1v) is 12.5. The molecular weight excluding hydrogens is 424 g/mol. The van der Waals surface area contributed by atoms with Gasteiger partial charge in [-0.3, -0.25) is 14.3 Å². The summed E-state index contributed by atoms with van der Waals surface area (Å²) in [5.41, 5.74) is -1.13. The first-order chi connectivity index (χ1) is 15.2. The van der Waals surface area contributed by atoms with E-state index in [-0.39, 0.29) is 11.6 Å². The van der Waals surface area contributed by atoms with Crippen LogP contribution in [-0.2, 0) is 9.16 Å². The number of aromatic amines is 1. The second-order valence-corrected chi connectivity index (χ2v) is 13.3. The number of H-pyrrole nitrogens is 1. The monoisotopic (exact) mass is 452 g/mol. The van der Waals surface area contributed by atoms with Crippen LogP contribution in [0.1, 0.15) is 27.0 Å². The summed E-state index contributed by atoms with van der Waals surface area (Å²) in [5, 5.41) is 13.1. The molecule has 2 aromatic carbocycles. The van der Waals surface area contributed by atoms with Crippen molar-refractivity contribution in [2.24, 2.45) is 0 Å². The number of ether oxygens (including phenoxy) is 1. The van der Waals surface area contributed by atoms with Gasteiger partial charge in [-0.15, -0.1) is 0 Å². The molecule has 0 radical (unpaired) electrons. The quantitative estimate of drug-likeness (QED) is 0.571. The molecule has 3 atom stereocenters. The molecule has 8 heteroatoms. The lowest BCUT2D eigenvalue weighted by atomic mass is 10.2. The summed E-state index contributed by atoms with van der Waals surface area (Å²) in [5.74, 6) is 0. The molecule has 0 saturated carbocycles. The van der Waals surface area contributed by atoms with Crippen LogP contribution in [0.5, 0.6) is 0 Å². The minimum atomic E-state index is -2.89. The predicted molar refractivity (Wildman–Crippen MR) is 125 cm³/mol. The lowest BCUT2D eigenvalue weighted by Crippen LogP contribution is -2.68. The molecule has 2 N–H and O–H groups in total. The van der Waals surface area contributed by atoms with Crippen molar-refractivity contribution < 1.29 is 14.3 Å². The third-order valence-electron chi connectivity index (χ3n) is 5.97. The maximum Gasteiger partial charge on any atom is 0.330 e. The molecule has 1 aliphatic rings. The van der Waals surface area contributed by atoms with Gasteiger partial charge >= 0.3 is 5.69 Å². The second-order valence-electron chi connectivity index (χ2n) is 9.05. The highest BCUT2D eigenvalue weighted by Crippen LogP contribution is 2.39. The molecule has 0 spiro atoms. The van der Waals surface area contributed by atoms with Crippen LogP contribution in [0.3, 0.4) is 0 Å². The third-order valence-corrected chi connectivity index (χ3v) is 11.0. The molecule has 1 fully saturated rings. The highest BCUT2D eigenvalue weighted by Gasteiger charge is 2.54. The summed E-state index contributed by atoms with van der Waals surface area (Å²) in [7, 11) is -2.89. The van der Waals surface area contributed by atoms with E-state index in [0.29, 0.717) is 0 Å². The zero-order chi connectivity index (χ0) is 22.9. The zero-order valence-corrected chi connectivity index (χ0v) is 19.4. The van der Waals surface area contributed by atoms with Gasteiger partial charge in [0.1, 0.15) is 6.10 Å². The summed E-state index contributed by atoms with van der Waals surface area (Å²) >= 11 is 0. The Kier molecular flexibility index (Phi) is 6.04. The molecule has 1 aliphatic heterocycles. The Morgan fingerprint density at radius 2 is 1.56 bits per heavy atom. The minimum absolute atomic E-state index is 0.127. The minimum Gasteiger partial charge on any atom is -0.399 e. The van der Waals surface area contributed by atoms with E-state index in [2.05, 4.69) is 50.0 Å². The number of aliphatic hydroxyl groups excluding tert-OH is 1. The van der Waals surface area contributed by atoms with Gasteiger partial charge in [0.05, 0.1) is 12.7 Å². The number of aliphatic hydroxyl groups is 1. The Morgan fingerprint density at radius 3 is 2.06 bits per heavy atom. The largest absolute Gasteiger partial charge is 0.399 e. The van der Waals surface area contributed by atoms with Gasteiger partial charge in [-0.2, -0.15) is 0 Å². The smallest absolute Gasteiger partial charge is 0.330 e. The van der Waals surface area contributed by atoms with E-state index in [4.69, 9.17) is 9.16 Å². The molecule has 0 unspecified atom stereocenters. The van der Waals surface area contributed by atoms with E-state index in [9.17, 15) is 14.7 Å². The third kappa shape index (κ3) is 3.90. The van der Waals surface area contributed by atoms with Crippen molar-refractivity contribution in [1.82, 2.24) is 9.55 Å². The normalized spacial score (nSPS) is 21.6. The topological polar surface area (TPSA) is 93.5 Å². The summed E-state index contributed by atoms with van der Waals surface area (Å²) in [6.45, 7) is 6.60. The molecule has 2 heterocycles. The molecule has 7 nitrogen and oxygen atoms in total. The van der Waals surface area contributed by atoms with E-state index in [1.807, 2.05) is 36.4 Å². The highest BCUT2D eigenvalue weighted by atomic mass is 28.4. The summed E-state index contributed by atoms with van der Waals surface area (Å²) in [6.07, 6.45) is -1.34. The van der Waals surface area contributed by atoms with Crippen molar-refractivity contribution in [2.45, 2.75) is 44.2 Å².